The molecule has 2 rings (SSSR count). The number of carbonyl (C=O) groups excluding carboxylic acids is 1. The molecule has 1 aromatic heterocycles. The van der Waals surface area contributed by atoms with E-state index in [9.17, 15) is 4.79 Å². The van der Waals surface area contributed by atoms with Gasteiger partial charge in [0.25, 0.3) is 0 Å². The van der Waals surface area contributed by atoms with E-state index in [1.54, 1.807) is 0 Å². The highest BCUT2D eigenvalue weighted by Crippen LogP contribution is 2.33. The number of Topliss-reactive ketones (excluding diaryl/α,β-unsaturated/α-hetero) is 1. The van der Waals surface area contributed by atoms with Crippen LogP contribution >= 0.6 is 38.9 Å². The molecular weight excluding hydrogens is 320 g/mol. The molecule has 0 aliphatic heterocycles. The van der Waals surface area contributed by atoms with Gasteiger partial charge in [0.1, 0.15) is 0 Å². The first-order valence-electron chi connectivity index (χ1n) is 5.20. The van der Waals surface area contributed by atoms with Crippen LogP contribution in [0.1, 0.15) is 23.0 Å². The Morgan fingerprint density at radius 1 is 1.35 bits per heavy atom. The highest BCUT2D eigenvalue weighted by molar-refractivity contribution is 9.10. The molecule has 2 aromatic rings. The first kappa shape index (κ1) is 12.8. The van der Waals surface area contributed by atoms with E-state index in [4.69, 9.17) is 11.6 Å². The van der Waals surface area contributed by atoms with Gasteiger partial charge in [-0.05, 0) is 45.8 Å². The summed E-state index contributed by atoms with van der Waals surface area (Å²) in [7, 11) is 0. The molecule has 0 N–H and O–H groups in total. The molecule has 0 spiro atoms. The normalized spacial score (nSPS) is 10.5. The molecule has 1 heterocycles. The average Bonchev–Trinajstić information content (AvgIpc) is 2.81. The molecule has 0 saturated heterocycles. The summed E-state index contributed by atoms with van der Waals surface area (Å²) in [5.41, 5.74) is 1.07. The van der Waals surface area contributed by atoms with Crippen LogP contribution in [-0.4, -0.2) is 5.78 Å². The van der Waals surface area contributed by atoms with Crippen LogP contribution in [0.4, 0.5) is 0 Å². The fourth-order valence-corrected chi connectivity index (χ4v) is 2.97. The zero-order valence-electron chi connectivity index (χ0n) is 9.17. The number of thiophene rings is 1. The van der Waals surface area contributed by atoms with Crippen molar-refractivity contribution in [1.29, 1.82) is 0 Å². The summed E-state index contributed by atoms with van der Waals surface area (Å²) in [6.07, 6.45) is 0.546. The van der Waals surface area contributed by atoms with Gasteiger partial charge < -0.3 is 0 Å². The van der Waals surface area contributed by atoms with Crippen LogP contribution in [0.3, 0.4) is 0 Å². The zero-order valence-corrected chi connectivity index (χ0v) is 12.3. The second-order valence-corrected chi connectivity index (χ2v) is 5.91. The molecule has 0 amide bonds. The van der Waals surface area contributed by atoms with Crippen LogP contribution in [0.2, 0.25) is 5.02 Å². The molecule has 0 radical (unpaired) electrons. The van der Waals surface area contributed by atoms with Crippen molar-refractivity contribution in [2.24, 2.45) is 0 Å². The minimum Gasteiger partial charge on any atom is -0.293 e. The summed E-state index contributed by atoms with van der Waals surface area (Å²) in [6, 6.07) is 9.63. The topological polar surface area (TPSA) is 17.1 Å². The lowest BCUT2D eigenvalue weighted by Crippen LogP contribution is -1.90. The summed E-state index contributed by atoms with van der Waals surface area (Å²) in [5.74, 6) is 0.189. The van der Waals surface area contributed by atoms with Crippen LogP contribution in [0, 0.1) is 0 Å². The first-order valence-corrected chi connectivity index (χ1v) is 7.19. The van der Waals surface area contributed by atoms with Gasteiger partial charge in [0.15, 0.2) is 5.78 Å². The van der Waals surface area contributed by atoms with Gasteiger partial charge in [0, 0.05) is 15.8 Å². The molecular formula is C13H10BrClOS. The second-order valence-electron chi connectivity index (χ2n) is 3.57. The molecule has 0 fully saturated rings. The molecule has 0 atom stereocenters. The van der Waals surface area contributed by atoms with Crippen molar-refractivity contribution in [3.8, 4) is 10.4 Å². The third-order valence-electron chi connectivity index (χ3n) is 2.41. The van der Waals surface area contributed by atoms with E-state index < -0.39 is 0 Å². The van der Waals surface area contributed by atoms with Crippen LogP contribution in [-0.2, 0) is 0 Å². The van der Waals surface area contributed by atoms with Crippen LogP contribution < -0.4 is 0 Å². The average molecular weight is 330 g/mol. The van der Waals surface area contributed by atoms with Crippen molar-refractivity contribution in [3.05, 3.63) is 44.7 Å². The summed E-state index contributed by atoms with van der Waals surface area (Å²) in [5, 5.41) is 0.690. The molecule has 1 aromatic carbocycles. The SMILES string of the molecule is CCC(=O)c1ccc(-c2ccc(Cl)c(Br)c2)s1. The predicted octanol–water partition coefficient (Wildman–Crippen LogP) is 5.42. The Balaban J connectivity index is 2.37. The van der Waals surface area contributed by atoms with E-state index in [-0.39, 0.29) is 5.78 Å². The number of carbonyl (C=O) groups is 1. The number of hydrogen-bond donors (Lipinski definition) is 0. The van der Waals surface area contributed by atoms with Gasteiger partial charge in [0.2, 0.25) is 0 Å². The molecule has 0 unspecified atom stereocenters. The van der Waals surface area contributed by atoms with Crippen molar-refractivity contribution in [1.82, 2.24) is 0 Å². The molecule has 0 saturated carbocycles. The fraction of sp³-hybridized carbons (Fsp3) is 0.154. The van der Waals surface area contributed by atoms with Gasteiger partial charge in [-0.15, -0.1) is 11.3 Å². The second kappa shape index (κ2) is 5.34. The first-order chi connectivity index (χ1) is 8.11. The lowest BCUT2D eigenvalue weighted by atomic mass is 10.2. The minimum absolute atomic E-state index is 0.189. The van der Waals surface area contributed by atoms with Gasteiger partial charge in [0.05, 0.1) is 9.90 Å². The maximum Gasteiger partial charge on any atom is 0.172 e. The molecule has 0 bridgehead atoms. The number of benzene rings is 1. The minimum atomic E-state index is 0.189. The monoisotopic (exact) mass is 328 g/mol. The van der Waals surface area contributed by atoms with Gasteiger partial charge in [-0.2, -0.15) is 0 Å². The van der Waals surface area contributed by atoms with Gasteiger partial charge in [-0.3, -0.25) is 4.79 Å². The van der Waals surface area contributed by atoms with E-state index in [0.29, 0.717) is 11.4 Å². The van der Waals surface area contributed by atoms with Crippen LogP contribution in [0.5, 0.6) is 0 Å². The molecule has 0 aliphatic rings. The van der Waals surface area contributed by atoms with Gasteiger partial charge in [-0.1, -0.05) is 24.6 Å². The Morgan fingerprint density at radius 3 is 2.76 bits per heavy atom. The summed E-state index contributed by atoms with van der Waals surface area (Å²) in [4.78, 5) is 13.5. The number of rotatable bonds is 3. The standard InChI is InChI=1S/C13H10BrClOS/c1-2-11(16)13-6-5-12(17-13)8-3-4-10(15)9(14)7-8/h3-7H,2H2,1H3. The van der Waals surface area contributed by atoms with E-state index >= 15 is 0 Å². The highest BCUT2D eigenvalue weighted by Gasteiger charge is 2.09. The Labute approximate surface area is 118 Å². The third-order valence-corrected chi connectivity index (χ3v) is 4.80. The van der Waals surface area contributed by atoms with E-state index in [1.165, 1.54) is 11.3 Å². The molecule has 0 aliphatic carbocycles. The Kier molecular flexibility index (Phi) is 4.02. The zero-order chi connectivity index (χ0) is 12.4. The third kappa shape index (κ3) is 2.79. The van der Waals surface area contributed by atoms with Crippen molar-refractivity contribution in [2.75, 3.05) is 0 Å². The van der Waals surface area contributed by atoms with Gasteiger partial charge >= 0.3 is 0 Å². The number of halogens is 2. The van der Waals surface area contributed by atoms with Crippen molar-refractivity contribution >= 4 is 44.7 Å². The summed E-state index contributed by atoms with van der Waals surface area (Å²) < 4.78 is 0.869. The molecule has 4 heteroatoms. The Bertz CT molecular complexity index is 562. The molecule has 17 heavy (non-hydrogen) atoms. The van der Waals surface area contributed by atoms with Crippen molar-refractivity contribution < 1.29 is 4.79 Å². The summed E-state index contributed by atoms with van der Waals surface area (Å²) >= 11 is 10.9. The molecule has 1 nitrogen and oxygen atoms in total. The van der Waals surface area contributed by atoms with E-state index in [2.05, 4.69) is 15.9 Å². The highest BCUT2D eigenvalue weighted by atomic mass is 79.9. The van der Waals surface area contributed by atoms with Crippen LogP contribution in [0.15, 0.2) is 34.8 Å². The molecule has 88 valence electrons. The maximum absolute atomic E-state index is 11.6. The summed E-state index contributed by atoms with van der Waals surface area (Å²) in [6.45, 7) is 1.88. The smallest absolute Gasteiger partial charge is 0.172 e. The predicted molar refractivity (Wildman–Crippen MR) is 77.1 cm³/mol. The lowest BCUT2D eigenvalue weighted by Gasteiger charge is -2.00. The van der Waals surface area contributed by atoms with Gasteiger partial charge in [-0.25, -0.2) is 0 Å². The Hall–Kier alpha value is -0.640. The lowest BCUT2D eigenvalue weighted by molar-refractivity contribution is 0.0992. The maximum atomic E-state index is 11.6. The van der Waals surface area contributed by atoms with E-state index in [0.717, 1.165) is 19.8 Å². The number of hydrogen-bond acceptors (Lipinski definition) is 2. The van der Waals surface area contributed by atoms with E-state index in [1.807, 2.05) is 37.3 Å². The van der Waals surface area contributed by atoms with Crippen molar-refractivity contribution in [3.63, 3.8) is 0 Å². The largest absolute Gasteiger partial charge is 0.293 e. The van der Waals surface area contributed by atoms with Crippen molar-refractivity contribution in [2.45, 2.75) is 13.3 Å². The Morgan fingerprint density at radius 2 is 2.12 bits per heavy atom. The quantitative estimate of drug-likeness (QED) is 0.687. The fourth-order valence-electron chi connectivity index (χ4n) is 1.47. The number of ketones is 1. The van der Waals surface area contributed by atoms with Crippen LogP contribution in [0.25, 0.3) is 10.4 Å².